The van der Waals surface area contributed by atoms with Crippen molar-refractivity contribution in [3.05, 3.63) is 50.4 Å². The molecule has 2 aromatic heterocycles. The van der Waals surface area contributed by atoms with E-state index >= 15 is 0 Å². The highest BCUT2D eigenvalue weighted by Crippen LogP contribution is 2.45. The minimum atomic E-state index is -0.316. The van der Waals surface area contributed by atoms with Gasteiger partial charge in [0.05, 0.1) is 29.8 Å². The number of fused-ring (bicyclic) bond motifs is 1. The molecule has 1 fully saturated rings. The molecule has 0 atom stereocenters. The molecule has 1 aromatic carbocycles. The van der Waals surface area contributed by atoms with Crippen LogP contribution in [0.25, 0.3) is 22.2 Å². The van der Waals surface area contributed by atoms with Crippen LogP contribution in [0, 0.1) is 17.2 Å². The van der Waals surface area contributed by atoms with Crippen molar-refractivity contribution in [2.24, 2.45) is 5.92 Å². The van der Waals surface area contributed by atoms with Crippen molar-refractivity contribution in [3.8, 4) is 28.7 Å². The van der Waals surface area contributed by atoms with Crippen LogP contribution in [-0.4, -0.2) is 84.2 Å². The predicted molar refractivity (Wildman–Crippen MR) is 168 cm³/mol. The molecule has 228 valence electrons. The van der Waals surface area contributed by atoms with E-state index in [1.165, 1.54) is 14.2 Å². The van der Waals surface area contributed by atoms with Gasteiger partial charge in [0, 0.05) is 63.0 Å². The first-order valence-corrected chi connectivity index (χ1v) is 14.7. The monoisotopic (exact) mass is 627 g/mol. The van der Waals surface area contributed by atoms with Gasteiger partial charge in [-0.15, -0.1) is 0 Å². The number of amides is 1. The fourth-order valence-corrected chi connectivity index (χ4v) is 5.78. The van der Waals surface area contributed by atoms with E-state index in [1.807, 2.05) is 19.9 Å². The van der Waals surface area contributed by atoms with Crippen molar-refractivity contribution in [3.63, 3.8) is 0 Å². The molecule has 0 bridgehead atoms. The summed E-state index contributed by atoms with van der Waals surface area (Å²) in [6, 6.07) is 5.29. The first-order chi connectivity index (χ1) is 20.6. The molecule has 11 nitrogen and oxygen atoms in total. The smallest absolute Gasteiger partial charge is 0.264 e. The summed E-state index contributed by atoms with van der Waals surface area (Å²) in [7, 11) is 4.66. The van der Waals surface area contributed by atoms with Crippen LogP contribution >= 0.6 is 23.2 Å². The number of hydrogen-bond donors (Lipinski definition) is 1. The van der Waals surface area contributed by atoms with Gasteiger partial charge in [-0.25, -0.2) is 4.98 Å². The van der Waals surface area contributed by atoms with Gasteiger partial charge >= 0.3 is 0 Å². The third-order valence-corrected chi connectivity index (χ3v) is 8.01. The molecule has 1 aliphatic heterocycles. The average Bonchev–Trinajstić information content (AvgIpc) is 3.01. The van der Waals surface area contributed by atoms with Crippen molar-refractivity contribution in [1.29, 1.82) is 5.26 Å². The number of nitriles is 1. The maximum atomic E-state index is 14.0. The number of benzene rings is 1. The third kappa shape index (κ3) is 6.88. The lowest BCUT2D eigenvalue weighted by Crippen LogP contribution is -2.49. The number of pyridine rings is 1. The molecule has 3 heterocycles. The molecule has 3 aromatic rings. The number of ether oxygens (including phenoxy) is 2. The first kappa shape index (κ1) is 32.1. The zero-order valence-electron chi connectivity index (χ0n) is 24.9. The van der Waals surface area contributed by atoms with E-state index in [9.17, 15) is 14.9 Å². The molecular formula is C30H35Cl2N7O4. The predicted octanol–water partition coefficient (Wildman–Crippen LogP) is 4.46. The lowest BCUT2D eigenvalue weighted by molar-refractivity contribution is -0.128. The molecule has 0 aliphatic carbocycles. The van der Waals surface area contributed by atoms with Crippen molar-refractivity contribution in [2.45, 2.75) is 26.8 Å². The number of aryl methyl sites for hydroxylation is 1. The van der Waals surface area contributed by atoms with Gasteiger partial charge in [-0.3, -0.25) is 19.1 Å². The van der Waals surface area contributed by atoms with E-state index in [0.717, 1.165) is 0 Å². The lowest BCUT2D eigenvalue weighted by Gasteiger charge is -2.34. The van der Waals surface area contributed by atoms with Crippen LogP contribution in [0.1, 0.15) is 20.3 Å². The Morgan fingerprint density at radius 3 is 2.33 bits per heavy atom. The Hall–Kier alpha value is -3.85. The van der Waals surface area contributed by atoms with Gasteiger partial charge < -0.3 is 19.7 Å². The second-order valence-corrected chi connectivity index (χ2v) is 11.2. The standard InChI is InChI=1S/C30H35Cl2N7O4/c1-18(2)13-19(16-33)28(40)38-11-9-37(10-12-38)7-6-8-39-27-20(17-35-30(34-3)36-27)14-21(29(39)41)24-25(31)22(42-4)15-23(43-5)26(24)32/h13-15,17-18H,6-12H2,1-5H3,(H,34,35,36)/b19-13-. The lowest BCUT2D eigenvalue weighted by atomic mass is 10.0. The number of nitrogens with zero attached hydrogens (tertiary/aromatic N) is 6. The Morgan fingerprint density at radius 2 is 1.77 bits per heavy atom. The van der Waals surface area contributed by atoms with Crippen molar-refractivity contribution < 1.29 is 14.3 Å². The van der Waals surface area contributed by atoms with Crippen LogP contribution in [0.4, 0.5) is 5.95 Å². The third-order valence-electron chi connectivity index (χ3n) is 7.26. The molecule has 0 unspecified atom stereocenters. The molecule has 1 amide bonds. The number of carbonyl (C=O) groups is 1. The fourth-order valence-electron chi connectivity index (χ4n) is 5.08. The second kappa shape index (κ2) is 14.1. The van der Waals surface area contributed by atoms with Crippen LogP contribution < -0.4 is 20.3 Å². The number of piperazine rings is 1. The number of hydrogen-bond acceptors (Lipinski definition) is 9. The minimum absolute atomic E-state index is 0.116. The van der Waals surface area contributed by atoms with Gasteiger partial charge in [0.2, 0.25) is 5.95 Å². The van der Waals surface area contributed by atoms with Crippen molar-refractivity contribution in [1.82, 2.24) is 24.3 Å². The van der Waals surface area contributed by atoms with Crippen LogP contribution in [-0.2, 0) is 11.3 Å². The number of carbonyl (C=O) groups excluding carboxylic acids is 1. The van der Waals surface area contributed by atoms with Gasteiger partial charge in [0.15, 0.2) is 0 Å². The Bertz CT molecular complexity index is 1610. The molecular weight excluding hydrogens is 593 g/mol. The average molecular weight is 629 g/mol. The molecule has 13 heteroatoms. The van der Waals surface area contributed by atoms with Gasteiger partial charge in [0.25, 0.3) is 11.5 Å². The van der Waals surface area contributed by atoms with Gasteiger partial charge in [-0.1, -0.05) is 43.1 Å². The number of allylic oxidation sites excluding steroid dienone is 1. The summed E-state index contributed by atoms with van der Waals surface area (Å²) < 4.78 is 12.5. The number of rotatable bonds is 10. The van der Waals surface area contributed by atoms with E-state index in [2.05, 4.69) is 20.2 Å². The SMILES string of the molecule is CNc1ncc2cc(-c3c(Cl)c(OC)cc(OC)c3Cl)c(=O)n(CCCN3CCN(C(=O)/C(C#N)=C\C(C)C)CC3)c2n1. The van der Waals surface area contributed by atoms with E-state index in [0.29, 0.717) is 79.7 Å². The van der Waals surface area contributed by atoms with E-state index in [-0.39, 0.29) is 38.6 Å². The normalized spacial score (nSPS) is 14.2. The molecule has 1 aliphatic rings. The molecule has 0 saturated carbocycles. The highest BCUT2D eigenvalue weighted by atomic mass is 35.5. The Balaban J connectivity index is 1.60. The quantitative estimate of drug-likeness (QED) is 0.256. The Kier molecular flexibility index (Phi) is 10.5. The van der Waals surface area contributed by atoms with Gasteiger partial charge in [-0.05, 0) is 24.9 Å². The number of aromatic nitrogens is 3. The van der Waals surface area contributed by atoms with E-state index in [4.69, 9.17) is 32.7 Å². The summed E-state index contributed by atoms with van der Waals surface area (Å²) in [5, 5.41) is 13.4. The summed E-state index contributed by atoms with van der Waals surface area (Å²) in [5.74, 6) is 0.925. The molecule has 4 rings (SSSR count). The topological polar surface area (TPSA) is 126 Å². The number of methoxy groups -OCH3 is 2. The largest absolute Gasteiger partial charge is 0.495 e. The van der Waals surface area contributed by atoms with Crippen LogP contribution in [0.2, 0.25) is 10.0 Å². The van der Waals surface area contributed by atoms with Gasteiger partial charge in [0.1, 0.15) is 28.8 Å². The maximum absolute atomic E-state index is 14.0. The summed E-state index contributed by atoms with van der Waals surface area (Å²) in [5.41, 5.74) is 0.930. The van der Waals surface area contributed by atoms with Gasteiger partial charge in [-0.2, -0.15) is 10.2 Å². The van der Waals surface area contributed by atoms with Crippen molar-refractivity contribution in [2.75, 3.05) is 59.3 Å². The molecule has 43 heavy (non-hydrogen) atoms. The van der Waals surface area contributed by atoms with Crippen LogP contribution in [0.3, 0.4) is 0 Å². The molecule has 1 N–H and O–H groups in total. The summed E-state index contributed by atoms with van der Waals surface area (Å²) in [6.07, 6.45) is 3.99. The van der Waals surface area contributed by atoms with Crippen LogP contribution in [0.15, 0.2) is 34.8 Å². The maximum Gasteiger partial charge on any atom is 0.264 e. The highest BCUT2D eigenvalue weighted by molar-refractivity contribution is 6.41. The summed E-state index contributed by atoms with van der Waals surface area (Å²) in [4.78, 5) is 39.7. The Morgan fingerprint density at radius 1 is 1.12 bits per heavy atom. The summed E-state index contributed by atoms with van der Waals surface area (Å²) in [6.45, 7) is 7.35. The van der Waals surface area contributed by atoms with Crippen molar-refractivity contribution >= 4 is 46.1 Å². The number of halogens is 2. The summed E-state index contributed by atoms with van der Waals surface area (Å²) >= 11 is 13.4. The molecule has 0 spiro atoms. The number of nitrogens with one attached hydrogen (secondary N) is 1. The zero-order chi connectivity index (χ0) is 31.3. The molecule has 1 saturated heterocycles. The van der Waals surface area contributed by atoms with E-state index < -0.39 is 0 Å². The van der Waals surface area contributed by atoms with E-state index in [1.54, 1.807) is 40.9 Å². The minimum Gasteiger partial charge on any atom is -0.495 e. The van der Waals surface area contributed by atoms with Crippen LogP contribution in [0.5, 0.6) is 11.5 Å². The second-order valence-electron chi connectivity index (χ2n) is 10.4. The first-order valence-electron chi connectivity index (χ1n) is 14.0. The fraction of sp³-hybridized carbons (Fsp3) is 0.433. The Labute approximate surface area is 260 Å². The number of anilines is 1. The zero-order valence-corrected chi connectivity index (χ0v) is 26.4. The molecule has 0 radical (unpaired) electrons. The highest BCUT2D eigenvalue weighted by Gasteiger charge is 2.25.